The molecule has 0 saturated heterocycles. The first-order chi connectivity index (χ1) is 8.63. The van der Waals surface area contributed by atoms with Crippen LogP contribution >= 0.6 is 15.9 Å². The smallest absolute Gasteiger partial charge is 0.251 e. The number of rotatable bonds is 7. The van der Waals surface area contributed by atoms with Gasteiger partial charge >= 0.3 is 0 Å². The van der Waals surface area contributed by atoms with Crippen molar-refractivity contribution in [3.63, 3.8) is 0 Å². The van der Waals surface area contributed by atoms with E-state index in [-0.39, 0.29) is 12.0 Å². The fourth-order valence-electron chi connectivity index (χ4n) is 1.33. The van der Waals surface area contributed by atoms with Crippen molar-refractivity contribution in [3.8, 4) is 5.75 Å². The Bertz CT molecular complexity index is 365. The number of carbonyl (C=O) groups excluding carboxylic acids is 1. The number of halogens is 1. The fourth-order valence-corrected chi connectivity index (χ4v) is 1.59. The van der Waals surface area contributed by atoms with Crippen LogP contribution in [0.2, 0.25) is 0 Å². The quantitative estimate of drug-likeness (QED) is 0.621. The van der Waals surface area contributed by atoms with E-state index in [1.54, 1.807) is 24.3 Å². The van der Waals surface area contributed by atoms with E-state index >= 15 is 0 Å². The summed E-state index contributed by atoms with van der Waals surface area (Å²) >= 11 is 3.17. The number of hydrogen-bond acceptors (Lipinski definition) is 3. The van der Waals surface area contributed by atoms with Gasteiger partial charge in [-0.2, -0.15) is 0 Å². The number of hydrogen-bond donors (Lipinski definition) is 1. The third-order valence-electron chi connectivity index (χ3n) is 2.18. The topological polar surface area (TPSA) is 47.6 Å². The summed E-state index contributed by atoms with van der Waals surface area (Å²) in [4.78, 5) is 11.7. The second kappa shape index (κ2) is 8.11. The van der Waals surface area contributed by atoms with Gasteiger partial charge in [-0.3, -0.25) is 4.79 Å². The van der Waals surface area contributed by atoms with Crippen LogP contribution in [0.15, 0.2) is 24.3 Å². The average Bonchev–Trinajstić information content (AvgIpc) is 2.35. The zero-order valence-corrected chi connectivity index (χ0v) is 12.2. The van der Waals surface area contributed by atoms with Crippen molar-refractivity contribution in [2.45, 2.75) is 20.0 Å². The monoisotopic (exact) mass is 315 g/mol. The first-order valence-corrected chi connectivity index (χ1v) is 6.94. The number of alkyl halides is 1. The summed E-state index contributed by atoms with van der Waals surface area (Å²) in [7, 11) is 0. The maximum absolute atomic E-state index is 11.7. The van der Waals surface area contributed by atoms with Crippen LogP contribution in [-0.4, -0.2) is 30.7 Å². The highest BCUT2D eigenvalue weighted by molar-refractivity contribution is 9.09. The number of amides is 1. The third kappa shape index (κ3) is 5.51. The van der Waals surface area contributed by atoms with Crippen LogP contribution in [0.4, 0.5) is 0 Å². The number of ether oxygens (including phenoxy) is 2. The third-order valence-corrected chi connectivity index (χ3v) is 2.41. The summed E-state index contributed by atoms with van der Waals surface area (Å²) in [5, 5.41) is 2.79. The first-order valence-electron chi connectivity index (χ1n) is 5.82. The Morgan fingerprint density at radius 2 is 2.00 bits per heavy atom. The highest BCUT2D eigenvalue weighted by Crippen LogP contribution is 2.12. The van der Waals surface area contributed by atoms with Gasteiger partial charge in [0.15, 0.2) is 0 Å². The molecule has 0 spiro atoms. The van der Waals surface area contributed by atoms with Crippen molar-refractivity contribution >= 4 is 21.8 Å². The number of benzene rings is 1. The van der Waals surface area contributed by atoms with Crippen LogP contribution in [0, 0.1) is 0 Å². The Morgan fingerprint density at radius 1 is 1.33 bits per heavy atom. The summed E-state index contributed by atoms with van der Waals surface area (Å²) in [6.45, 7) is 4.96. The lowest BCUT2D eigenvalue weighted by Crippen LogP contribution is -2.27. The minimum atomic E-state index is -0.104. The van der Waals surface area contributed by atoms with Gasteiger partial charge in [0, 0.05) is 12.1 Å². The van der Waals surface area contributed by atoms with Gasteiger partial charge in [-0.05, 0) is 54.0 Å². The molecule has 1 aromatic carbocycles. The molecule has 0 aliphatic heterocycles. The molecule has 0 aliphatic rings. The van der Waals surface area contributed by atoms with Gasteiger partial charge in [0.1, 0.15) is 11.3 Å². The second-order valence-corrected chi connectivity index (χ2v) is 4.41. The number of nitrogens with one attached hydrogen (secondary N) is 1. The van der Waals surface area contributed by atoms with E-state index in [1.165, 1.54) is 0 Å². The Kier molecular flexibility index (Phi) is 6.75. The molecule has 1 rings (SSSR count). The van der Waals surface area contributed by atoms with Gasteiger partial charge in [0.05, 0.1) is 12.7 Å². The van der Waals surface area contributed by atoms with Crippen molar-refractivity contribution < 1.29 is 14.3 Å². The summed E-state index contributed by atoms with van der Waals surface area (Å²) in [5.74, 6) is 0.624. The molecular weight excluding hydrogens is 298 g/mol. The minimum Gasteiger partial charge on any atom is -0.482 e. The van der Waals surface area contributed by atoms with E-state index in [4.69, 9.17) is 9.47 Å². The van der Waals surface area contributed by atoms with Crippen LogP contribution in [0.1, 0.15) is 24.2 Å². The molecule has 0 bridgehead atoms. The average molecular weight is 316 g/mol. The van der Waals surface area contributed by atoms with Gasteiger partial charge in [-0.1, -0.05) is 0 Å². The van der Waals surface area contributed by atoms with E-state index in [0.29, 0.717) is 24.2 Å². The van der Waals surface area contributed by atoms with E-state index in [1.807, 2.05) is 13.8 Å². The largest absolute Gasteiger partial charge is 0.482 e. The molecule has 0 fully saturated rings. The fraction of sp³-hybridized carbons (Fsp3) is 0.462. The zero-order chi connectivity index (χ0) is 13.4. The molecule has 0 atom stereocenters. The second-order valence-electron chi connectivity index (χ2n) is 3.95. The molecule has 18 heavy (non-hydrogen) atoms. The van der Waals surface area contributed by atoms with Crippen LogP contribution in [-0.2, 0) is 4.74 Å². The predicted octanol–water partition coefficient (Wildman–Crippen LogP) is 2.57. The molecule has 5 heteroatoms. The molecule has 0 aliphatic carbocycles. The molecule has 0 heterocycles. The zero-order valence-electron chi connectivity index (χ0n) is 10.6. The van der Waals surface area contributed by atoms with E-state index in [9.17, 15) is 4.79 Å². The predicted molar refractivity (Wildman–Crippen MR) is 74.3 cm³/mol. The molecule has 1 amide bonds. The van der Waals surface area contributed by atoms with Gasteiger partial charge in [0.2, 0.25) is 0 Å². The molecular formula is C13H18BrNO3. The Balaban J connectivity index is 2.37. The maximum atomic E-state index is 11.7. The number of carbonyl (C=O) groups is 1. The molecule has 1 N–H and O–H groups in total. The lowest BCUT2D eigenvalue weighted by Gasteiger charge is -2.09. The van der Waals surface area contributed by atoms with Gasteiger partial charge in [-0.25, -0.2) is 0 Å². The molecule has 0 radical (unpaired) electrons. The summed E-state index contributed by atoms with van der Waals surface area (Å²) < 4.78 is 10.6. The Labute approximate surface area is 116 Å². The summed E-state index contributed by atoms with van der Waals surface area (Å²) in [6, 6.07) is 6.99. The first kappa shape index (κ1) is 15.0. The highest BCUT2D eigenvalue weighted by Gasteiger charge is 2.05. The molecule has 0 aromatic heterocycles. The lowest BCUT2D eigenvalue weighted by molar-refractivity contribution is 0.0746. The van der Waals surface area contributed by atoms with Crippen LogP contribution in [0.3, 0.4) is 0 Å². The minimum absolute atomic E-state index is 0.104. The van der Waals surface area contributed by atoms with E-state index in [0.717, 1.165) is 5.75 Å². The van der Waals surface area contributed by atoms with Gasteiger partial charge in [-0.15, -0.1) is 0 Å². The van der Waals surface area contributed by atoms with Crippen molar-refractivity contribution in [2.24, 2.45) is 0 Å². The molecule has 1 aromatic rings. The van der Waals surface area contributed by atoms with Crippen molar-refractivity contribution in [2.75, 3.05) is 18.7 Å². The standard InChI is InChI=1S/C13H18BrNO3/c1-10(2)17-8-7-15-13(16)11-3-5-12(6-4-11)18-9-14/h3-6,10H,7-9H2,1-2H3,(H,15,16). The summed E-state index contributed by atoms with van der Waals surface area (Å²) in [5.41, 5.74) is 1.05. The summed E-state index contributed by atoms with van der Waals surface area (Å²) in [6.07, 6.45) is 0.183. The molecule has 100 valence electrons. The SMILES string of the molecule is CC(C)OCCNC(=O)c1ccc(OCBr)cc1. The lowest BCUT2D eigenvalue weighted by atomic mass is 10.2. The van der Waals surface area contributed by atoms with Crippen LogP contribution in [0.25, 0.3) is 0 Å². The van der Waals surface area contributed by atoms with Gasteiger partial charge in [0.25, 0.3) is 5.91 Å². The maximum Gasteiger partial charge on any atom is 0.251 e. The van der Waals surface area contributed by atoms with Crippen molar-refractivity contribution in [3.05, 3.63) is 29.8 Å². The Morgan fingerprint density at radius 3 is 2.56 bits per heavy atom. The normalized spacial score (nSPS) is 10.4. The van der Waals surface area contributed by atoms with Gasteiger partial charge < -0.3 is 14.8 Å². The van der Waals surface area contributed by atoms with Crippen LogP contribution < -0.4 is 10.1 Å². The van der Waals surface area contributed by atoms with E-state index < -0.39 is 0 Å². The van der Waals surface area contributed by atoms with Crippen molar-refractivity contribution in [1.29, 1.82) is 0 Å². The Hall–Kier alpha value is -1.07. The highest BCUT2D eigenvalue weighted by atomic mass is 79.9. The molecule has 0 unspecified atom stereocenters. The molecule has 0 saturated carbocycles. The van der Waals surface area contributed by atoms with E-state index in [2.05, 4.69) is 21.2 Å². The van der Waals surface area contributed by atoms with Crippen LogP contribution in [0.5, 0.6) is 5.75 Å². The van der Waals surface area contributed by atoms with Crippen molar-refractivity contribution in [1.82, 2.24) is 5.32 Å². The molecule has 4 nitrogen and oxygen atoms in total.